The van der Waals surface area contributed by atoms with Crippen LogP contribution < -0.4 is 10.2 Å². The lowest BCUT2D eigenvalue weighted by Gasteiger charge is -2.16. The Kier molecular flexibility index (Phi) is 4.18. The molecule has 3 heterocycles. The van der Waals surface area contributed by atoms with E-state index in [9.17, 15) is 9.59 Å². The van der Waals surface area contributed by atoms with Gasteiger partial charge in [-0.2, -0.15) is 0 Å². The predicted molar refractivity (Wildman–Crippen MR) is 96.9 cm³/mol. The Hall–Kier alpha value is -3.48. The Bertz CT molecular complexity index is 907. The van der Waals surface area contributed by atoms with Crippen molar-refractivity contribution in [3.05, 3.63) is 67.4 Å². The van der Waals surface area contributed by atoms with Crippen LogP contribution >= 0.6 is 0 Å². The number of aromatic nitrogens is 3. The third-order valence-electron chi connectivity index (χ3n) is 4.35. The van der Waals surface area contributed by atoms with Crippen molar-refractivity contribution in [2.45, 2.75) is 6.42 Å². The van der Waals surface area contributed by atoms with Crippen molar-refractivity contribution in [3.8, 4) is 5.82 Å². The van der Waals surface area contributed by atoms with Crippen LogP contribution in [-0.4, -0.2) is 32.9 Å². The molecule has 26 heavy (non-hydrogen) atoms. The van der Waals surface area contributed by atoms with Crippen LogP contribution in [0.5, 0.6) is 0 Å². The first kappa shape index (κ1) is 16.0. The molecule has 0 bridgehead atoms. The van der Waals surface area contributed by atoms with Crippen molar-refractivity contribution in [1.82, 2.24) is 14.5 Å². The van der Waals surface area contributed by atoms with Gasteiger partial charge in [0, 0.05) is 31.0 Å². The van der Waals surface area contributed by atoms with E-state index in [1.54, 1.807) is 46.5 Å². The minimum atomic E-state index is -0.379. The minimum absolute atomic E-state index is 0.0371. The number of rotatable bonds is 4. The summed E-state index contributed by atoms with van der Waals surface area (Å²) < 4.78 is 1.78. The summed E-state index contributed by atoms with van der Waals surface area (Å²) in [6.45, 7) is 0.384. The molecule has 3 aromatic rings. The van der Waals surface area contributed by atoms with Crippen LogP contribution in [0.15, 0.2) is 67.4 Å². The number of hydrogen-bond donors (Lipinski definition) is 1. The quantitative estimate of drug-likeness (QED) is 0.785. The molecule has 130 valence electrons. The van der Waals surface area contributed by atoms with Crippen molar-refractivity contribution in [1.29, 1.82) is 0 Å². The Labute approximate surface area is 150 Å². The summed E-state index contributed by atoms with van der Waals surface area (Å²) in [6.07, 6.45) is 6.93. The van der Waals surface area contributed by atoms with Gasteiger partial charge in [0.25, 0.3) is 0 Å². The van der Waals surface area contributed by atoms with Gasteiger partial charge >= 0.3 is 0 Å². The molecule has 0 saturated carbocycles. The van der Waals surface area contributed by atoms with Gasteiger partial charge in [-0.3, -0.25) is 14.2 Å². The molecule has 0 aliphatic carbocycles. The number of imidazole rings is 1. The van der Waals surface area contributed by atoms with Crippen molar-refractivity contribution in [2.75, 3.05) is 16.8 Å². The van der Waals surface area contributed by atoms with Crippen LogP contribution in [0.4, 0.5) is 11.4 Å². The first-order valence-corrected chi connectivity index (χ1v) is 8.31. The molecule has 1 N–H and O–H groups in total. The average molecular weight is 347 g/mol. The van der Waals surface area contributed by atoms with Gasteiger partial charge in [-0.25, -0.2) is 9.97 Å². The molecule has 1 fully saturated rings. The number of pyridine rings is 1. The number of nitrogens with one attached hydrogen (secondary N) is 1. The highest BCUT2D eigenvalue weighted by molar-refractivity contribution is 6.03. The summed E-state index contributed by atoms with van der Waals surface area (Å²) in [6, 6.07) is 13.0. The first-order valence-electron chi connectivity index (χ1n) is 8.31. The van der Waals surface area contributed by atoms with Gasteiger partial charge in [0.15, 0.2) is 0 Å². The lowest BCUT2D eigenvalue weighted by molar-refractivity contribution is -0.122. The van der Waals surface area contributed by atoms with Gasteiger partial charge in [0.05, 0.1) is 17.8 Å². The lowest BCUT2D eigenvalue weighted by Crippen LogP contribution is -2.28. The molecular formula is C19H17N5O2. The highest BCUT2D eigenvalue weighted by Crippen LogP contribution is 2.25. The second-order valence-corrected chi connectivity index (χ2v) is 6.11. The predicted octanol–water partition coefficient (Wildman–Crippen LogP) is 2.26. The topological polar surface area (TPSA) is 80.1 Å². The number of anilines is 2. The maximum absolute atomic E-state index is 12.5. The molecule has 7 heteroatoms. The standard InChI is InChI=1S/C19H17N5O2/c25-18-10-14(12-24(18)16-4-2-1-3-5-16)19(26)22-15-6-7-17(21-11-15)23-9-8-20-13-23/h1-9,11,13-14H,10,12H2,(H,22,26). The maximum Gasteiger partial charge on any atom is 0.229 e. The second-order valence-electron chi connectivity index (χ2n) is 6.11. The van der Waals surface area contributed by atoms with Gasteiger partial charge in [-0.15, -0.1) is 0 Å². The summed E-state index contributed by atoms with van der Waals surface area (Å²) in [5.41, 5.74) is 1.42. The Morgan fingerprint density at radius 2 is 2.00 bits per heavy atom. The van der Waals surface area contributed by atoms with Crippen molar-refractivity contribution < 1.29 is 9.59 Å². The minimum Gasteiger partial charge on any atom is -0.324 e. The van der Waals surface area contributed by atoms with Gasteiger partial charge in [-0.1, -0.05) is 18.2 Å². The second kappa shape index (κ2) is 6.79. The molecule has 1 aromatic carbocycles. The van der Waals surface area contributed by atoms with Crippen LogP contribution in [-0.2, 0) is 9.59 Å². The van der Waals surface area contributed by atoms with E-state index in [0.29, 0.717) is 18.1 Å². The van der Waals surface area contributed by atoms with Crippen LogP contribution in [0.25, 0.3) is 5.82 Å². The highest BCUT2D eigenvalue weighted by Gasteiger charge is 2.35. The molecule has 1 aliphatic rings. The van der Waals surface area contributed by atoms with Crippen molar-refractivity contribution in [3.63, 3.8) is 0 Å². The van der Waals surface area contributed by atoms with Gasteiger partial charge in [0.1, 0.15) is 12.1 Å². The normalized spacial score (nSPS) is 16.7. The summed E-state index contributed by atoms with van der Waals surface area (Å²) in [7, 11) is 0. The van der Waals surface area contributed by atoms with E-state index in [4.69, 9.17) is 0 Å². The summed E-state index contributed by atoms with van der Waals surface area (Å²) in [5.74, 6) is 0.127. The fourth-order valence-electron chi connectivity index (χ4n) is 2.99. The average Bonchev–Trinajstić information content (AvgIpc) is 3.33. The van der Waals surface area contributed by atoms with E-state index in [-0.39, 0.29) is 24.2 Å². The fourth-order valence-corrected chi connectivity index (χ4v) is 2.99. The van der Waals surface area contributed by atoms with E-state index < -0.39 is 0 Å². The van der Waals surface area contributed by atoms with Crippen LogP contribution in [0, 0.1) is 5.92 Å². The molecule has 7 nitrogen and oxygen atoms in total. The van der Waals surface area contributed by atoms with E-state index in [2.05, 4.69) is 15.3 Å². The van der Waals surface area contributed by atoms with Gasteiger partial charge < -0.3 is 10.2 Å². The van der Waals surface area contributed by atoms with Crippen molar-refractivity contribution >= 4 is 23.2 Å². The van der Waals surface area contributed by atoms with Gasteiger partial charge in [0.2, 0.25) is 11.8 Å². The maximum atomic E-state index is 12.5. The Morgan fingerprint density at radius 1 is 1.15 bits per heavy atom. The van der Waals surface area contributed by atoms with E-state index >= 15 is 0 Å². The molecule has 1 aliphatic heterocycles. The lowest BCUT2D eigenvalue weighted by atomic mass is 10.1. The first-order chi connectivity index (χ1) is 12.7. The number of nitrogens with zero attached hydrogens (tertiary/aromatic N) is 4. The SMILES string of the molecule is O=C(Nc1ccc(-n2ccnc2)nc1)C1CC(=O)N(c2ccccc2)C1. The van der Waals surface area contributed by atoms with E-state index in [0.717, 1.165) is 5.69 Å². The molecule has 1 atom stereocenters. The third kappa shape index (κ3) is 3.19. The summed E-state index contributed by atoms with van der Waals surface area (Å²) in [5, 5.41) is 2.84. The molecule has 2 amide bonds. The van der Waals surface area contributed by atoms with Crippen molar-refractivity contribution in [2.24, 2.45) is 5.92 Å². The molecule has 0 spiro atoms. The Morgan fingerprint density at radius 3 is 2.69 bits per heavy atom. The molecule has 2 aromatic heterocycles. The Balaban J connectivity index is 1.41. The number of carbonyl (C=O) groups excluding carboxylic acids is 2. The van der Waals surface area contributed by atoms with E-state index in [1.165, 1.54) is 0 Å². The number of benzene rings is 1. The number of carbonyl (C=O) groups is 2. The fraction of sp³-hybridized carbons (Fsp3) is 0.158. The molecular weight excluding hydrogens is 330 g/mol. The van der Waals surface area contributed by atoms with Gasteiger partial charge in [-0.05, 0) is 24.3 Å². The number of amides is 2. The number of para-hydroxylation sites is 1. The summed E-state index contributed by atoms with van der Waals surface area (Å²) >= 11 is 0. The largest absolute Gasteiger partial charge is 0.324 e. The van der Waals surface area contributed by atoms with Crippen LogP contribution in [0.1, 0.15) is 6.42 Å². The number of hydrogen-bond acceptors (Lipinski definition) is 4. The monoisotopic (exact) mass is 347 g/mol. The molecule has 0 radical (unpaired) electrons. The zero-order valence-electron chi connectivity index (χ0n) is 13.9. The third-order valence-corrected chi connectivity index (χ3v) is 4.35. The van der Waals surface area contributed by atoms with E-state index in [1.807, 2.05) is 30.3 Å². The van der Waals surface area contributed by atoms with Crippen LogP contribution in [0.3, 0.4) is 0 Å². The highest BCUT2D eigenvalue weighted by atomic mass is 16.2. The summed E-state index contributed by atoms with van der Waals surface area (Å²) in [4.78, 5) is 34.7. The smallest absolute Gasteiger partial charge is 0.229 e. The zero-order valence-corrected chi connectivity index (χ0v) is 13.9. The molecule has 1 saturated heterocycles. The zero-order chi connectivity index (χ0) is 17.9. The molecule has 4 rings (SSSR count). The van der Waals surface area contributed by atoms with Crippen LogP contribution in [0.2, 0.25) is 0 Å². The molecule has 1 unspecified atom stereocenters.